The Morgan fingerprint density at radius 3 is 2.28 bits per heavy atom. The molecule has 9 nitrogen and oxygen atoms in total. The van der Waals surface area contributed by atoms with Crippen molar-refractivity contribution in [3.05, 3.63) is 76.3 Å². The van der Waals surface area contributed by atoms with Crippen molar-refractivity contribution >= 4 is 39.7 Å². The molecule has 2 rings (SSSR count). The molecule has 0 bridgehead atoms. The normalized spacial score (nSPS) is 14.6. The Kier molecular flexibility index (Phi) is 16.6. The molecule has 2 aromatic carbocycles. The van der Waals surface area contributed by atoms with E-state index in [1.807, 2.05) is 38.1 Å². The number of benzene rings is 2. The van der Waals surface area contributed by atoms with Gasteiger partial charge in [0.1, 0.15) is 11.8 Å². The van der Waals surface area contributed by atoms with Gasteiger partial charge in [-0.2, -0.15) is 0 Å². The number of aliphatic carboxylic acids is 1. The Labute approximate surface area is 281 Å². The van der Waals surface area contributed by atoms with Crippen molar-refractivity contribution in [2.45, 2.75) is 84.8 Å². The number of allylic oxidation sites excluding steroid dienone is 1. The van der Waals surface area contributed by atoms with Crippen LogP contribution in [0.3, 0.4) is 0 Å². The quantitative estimate of drug-likeness (QED) is 0.113. The van der Waals surface area contributed by atoms with Crippen LogP contribution in [-0.4, -0.2) is 54.7 Å². The van der Waals surface area contributed by atoms with Crippen molar-refractivity contribution in [2.75, 3.05) is 13.7 Å². The van der Waals surface area contributed by atoms with Crippen molar-refractivity contribution < 1.29 is 33.8 Å². The first-order chi connectivity index (χ1) is 21.8. The number of hydrogen-bond donors (Lipinski definition) is 3. The van der Waals surface area contributed by atoms with Gasteiger partial charge in [0.25, 0.3) is 0 Å². The summed E-state index contributed by atoms with van der Waals surface area (Å²) in [5.41, 5.74) is 2.10. The predicted octanol–water partition coefficient (Wildman–Crippen LogP) is 6.45. The number of ether oxygens (including phenoxy) is 2. The fourth-order valence-corrected chi connectivity index (χ4v) is 5.64. The molecule has 46 heavy (non-hydrogen) atoms. The van der Waals surface area contributed by atoms with E-state index < -0.39 is 41.8 Å². The number of amides is 2. The molecule has 0 aliphatic rings. The van der Waals surface area contributed by atoms with Crippen LogP contribution in [0.1, 0.15) is 77.3 Å². The monoisotopic (exact) mass is 700 g/mol. The highest BCUT2D eigenvalue weighted by Gasteiger charge is 2.27. The van der Waals surface area contributed by atoms with Gasteiger partial charge in [0.2, 0.25) is 11.8 Å². The van der Waals surface area contributed by atoms with Gasteiger partial charge in [-0.25, -0.2) is 4.79 Å². The topological polar surface area (TPSA) is 131 Å². The highest BCUT2D eigenvalue weighted by molar-refractivity contribution is 9.10. The molecule has 0 heterocycles. The van der Waals surface area contributed by atoms with Crippen LogP contribution in [0.15, 0.2) is 65.2 Å². The van der Waals surface area contributed by atoms with Gasteiger partial charge in [-0.05, 0) is 88.7 Å². The number of methoxy groups -OCH3 is 1. The minimum atomic E-state index is -1.26. The van der Waals surface area contributed by atoms with Crippen molar-refractivity contribution in [2.24, 2.45) is 17.8 Å². The highest BCUT2D eigenvalue weighted by atomic mass is 79.9. The largest absolute Gasteiger partial charge is 0.496 e. The van der Waals surface area contributed by atoms with E-state index in [1.165, 1.54) is 11.6 Å². The van der Waals surface area contributed by atoms with Crippen LogP contribution in [0.5, 0.6) is 5.75 Å². The molecule has 0 aromatic heterocycles. The van der Waals surface area contributed by atoms with Crippen LogP contribution in [-0.2, 0) is 30.3 Å². The average Bonchev–Trinajstić information content (AvgIpc) is 3.01. The molecule has 0 fully saturated rings. The van der Waals surface area contributed by atoms with E-state index in [2.05, 4.69) is 64.7 Å². The van der Waals surface area contributed by atoms with E-state index in [0.29, 0.717) is 22.1 Å². The zero-order valence-corrected chi connectivity index (χ0v) is 29.3. The molecule has 0 aliphatic heterocycles. The van der Waals surface area contributed by atoms with E-state index in [4.69, 9.17) is 9.47 Å². The number of halogens is 1. The Morgan fingerprint density at radius 1 is 0.978 bits per heavy atom. The summed E-state index contributed by atoms with van der Waals surface area (Å²) in [6.45, 7) is 9.59. The molecule has 0 saturated heterocycles. The molecule has 10 heteroatoms. The third kappa shape index (κ3) is 13.8. The van der Waals surface area contributed by atoms with Crippen LogP contribution in [0.25, 0.3) is 0 Å². The van der Waals surface area contributed by atoms with Crippen LogP contribution in [0, 0.1) is 17.8 Å². The van der Waals surface area contributed by atoms with Gasteiger partial charge in [0.05, 0.1) is 17.5 Å². The van der Waals surface area contributed by atoms with Crippen molar-refractivity contribution in [1.29, 1.82) is 0 Å². The lowest BCUT2D eigenvalue weighted by Crippen LogP contribution is -2.49. The van der Waals surface area contributed by atoms with Crippen LogP contribution < -0.4 is 15.4 Å². The molecule has 3 N–H and O–H groups in total. The van der Waals surface area contributed by atoms with E-state index >= 15 is 0 Å². The number of rotatable bonds is 19. The lowest BCUT2D eigenvalue weighted by atomic mass is 9.89. The summed E-state index contributed by atoms with van der Waals surface area (Å²) in [6, 6.07) is 14.9. The smallest absolute Gasteiger partial charge is 0.345 e. The molecule has 5 atom stereocenters. The zero-order valence-electron chi connectivity index (χ0n) is 27.8. The molecule has 2 aromatic rings. The molecule has 0 radical (unpaired) electrons. The second-order valence-corrected chi connectivity index (χ2v) is 13.3. The predicted molar refractivity (Wildman–Crippen MR) is 182 cm³/mol. The minimum absolute atomic E-state index is 0.0204. The van der Waals surface area contributed by atoms with Crippen molar-refractivity contribution in [1.82, 2.24) is 10.6 Å². The van der Waals surface area contributed by atoms with Gasteiger partial charge >= 0.3 is 11.9 Å². The Bertz CT molecular complexity index is 1310. The van der Waals surface area contributed by atoms with E-state index in [1.54, 1.807) is 20.1 Å². The summed E-state index contributed by atoms with van der Waals surface area (Å²) in [5.74, 6) is -2.03. The summed E-state index contributed by atoms with van der Waals surface area (Å²) in [6.07, 6.45) is 5.11. The number of carboxylic acids is 1. The Balaban J connectivity index is 2.00. The summed E-state index contributed by atoms with van der Waals surface area (Å²) in [7, 11) is 1.56. The summed E-state index contributed by atoms with van der Waals surface area (Å²) >= 11 is 3.46. The molecule has 0 aliphatic carbocycles. The highest BCUT2D eigenvalue weighted by Crippen LogP contribution is 2.27. The van der Waals surface area contributed by atoms with E-state index in [0.717, 1.165) is 24.8 Å². The maximum absolute atomic E-state index is 13.3. The molecular weight excluding hydrogens is 652 g/mol. The number of carbonyl (C=O) groups excluding carboxylic acids is 3. The maximum atomic E-state index is 13.3. The Hall–Kier alpha value is -3.66. The fourth-order valence-electron chi connectivity index (χ4n) is 5.06. The van der Waals surface area contributed by atoms with Gasteiger partial charge in [-0.15, -0.1) is 0 Å². The van der Waals surface area contributed by atoms with Crippen LogP contribution >= 0.6 is 15.9 Å². The number of carboxylic acid groups (broad SMARTS) is 1. The second-order valence-electron chi connectivity index (χ2n) is 12.4. The van der Waals surface area contributed by atoms with E-state index in [-0.39, 0.29) is 25.3 Å². The van der Waals surface area contributed by atoms with Gasteiger partial charge in [0, 0.05) is 13.0 Å². The average molecular weight is 702 g/mol. The second kappa shape index (κ2) is 19.8. The first-order valence-corrected chi connectivity index (χ1v) is 16.6. The minimum Gasteiger partial charge on any atom is -0.496 e. The summed E-state index contributed by atoms with van der Waals surface area (Å²) in [4.78, 5) is 50.3. The van der Waals surface area contributed by atoms with Gasteiger partial charge in [-0.3, -0.25) is 14.4 Å². The third-order valence-corrected chi connectivity index (χ3v) is 8.33. The third-order valence-electron chi connectivity index (χ3n) is 7.71. The molecule has 252 valence electrons. The number of carbonyl (C=O) groups is 4. The number of hydrogen-bond acceptors (Lipinski definition) is 6. The molecular formula is C36H49BrN2O7. The first-order valence-electron chi connectivity index (χ1n) is 15.9. The standard InChI is InChI=1S/C36H49BrN2O7/c1-23(2)18-32(35(42)43)46-36(44)26(5)22-38-34(41)30(21-27-16-17-31(45-6)29(37)20-27)39-33(40)15-11-10-12-24(3)19-25(4)28-13-8-7-9-14-28/h7-9,11,13-17,20,23-26,30,32H,10,12,18-19,21-22H2,1-6H3,(H,38,41)(H,39,40)(H,42,43)/b15-11+/t24?,25?,26?,30-,32?/m1/s1. The molecule has 4 unspecified atom stereocenters. The van der Waals surface area contributed by atoms with Gasteiger partial charge in [-0.1, -0.05) is 77.1 Å². The van der Waals surface area contributed by atoms with E-state index in [9.17, 15) is 24.3 Å². The lowest BCUT2D eigenvalue weighted by molar-refractivity contribution is -0.167. The van der Waals surface area contributed by atoms with Crippen LogP contribution in [0.2, 0.25) is 0 Å². The molecule has 2 amide bonds. The maximum Gasteiger partial charge on any atom is 0.345 e. The number of esters is 1. The number of nitrogens with one attached hydrogen (secondary N) is 2. The van der Waals surface area contributed by atoms with Crippen molar-refractivity contribution in [3.63, 3.8) is 0 Å². The SMILES string of the molecule is COc1ccc(C[C@@H](NC(=O)/C=C/CCC(C)CC(C)c2ccccc2)C(=O)NCC(C)C(=O)OC(CC(C)C)C(=O)O)cc1Br. The summed E-state index contributed by atoms with van der Waals surface area (Å²) < 4.78 is 11.2. The fraction of sp³-hybridized carbons (Fsp3) is 0.500. The molecule has 0 saturated carbocycles. The van der Waals surface area contributed by atoms with Crippen LogP contribution in [0.4, 0.5) is 0 Å². The van der Waals surface area contributed by atoms with Crippen molar-refractivity contribution in [3.8, 4) is 5.75 Å². The molecule has 0 spiro atoms. The Morgan fingerprint density at radius 2 is 1.67 bits per heavy atom. The first kappa shape index (κ1) is 38.5. The van der Waals surface area contributed by atoms with Gasteiger partial charge in [0.15, 0.2) is 6.10 Å². The zero-order chi connectivity index (χ0) is 34.2. The summed E-state index contributed by atoms with van der Waals surface area (Å²) in [5, 5.41) is 14.9. The lowest BCUT2D eigenvalue weighted by Gasteiger charge is -2.21. The van der Waals surface area contributed by atoms with Gasteiger partial charge < -0.3 is 25.2 Å².